The fourth-order valence-corrected chi connectivity index (χ4v) is 4.80. The number of para-hydroxylation sites is 2. The maximum Gasteiger partial charge on any atom is 0.329 e. The van der Waals surface area contributed by atoms with Gasteiger partial charge in [-0.15, -0.1) is 0 Å². The maximum atomic E-state index is 13.7. The van der Waals surface area contributed by atoms with Gasteiger partial charge >= 0.3 is 6.03 Å². The third-order valence-electron chi connectivity index (χ3n) is 5.72. The smallest absolute Gasteiger partial charge is 0.329 e. The molecule has 32 heavy (non-hydrogen) atoms. The third kappa shape index (κ3) is 4.43. The van der Waals surface area contributed by atoms with E-state index in [0.29, 0.717) is 24.7 Å². The number of amides is 2. The van der Waals surface area contributed by atoms with Crippen LogP contribution in [-0.4, -0.2) is 34.2 Å². The van der Waals surface area contributed by atoms with Gasteiger partial charge in [-0.2, -0.15) is 16.3 Å². The molecular weight excluding hydrogens is 420 g/mol. The van der Waals surface area contributed by atoms with Crippen molar-refractivity contribution in [2.45, 2.75) is 19.3 Å². The highest BCUT2D eigenvalue weighted by molar-refractivity contribution is 7.08. The highest BCUT2D eigenvalue weighted by atomic mass is 32.1. The molecule has 0 N–H and O–H groups in total. The normalized spacial score (nSPS) is 16.1. The lowest BCUT2D eigenvalue weighted by Gasteiger charge is -2.36. The van der Waals surface area contributed by atoms with Crippen molar-refractivity contribution in [3.8, 4) is 11.4 Å². The van der Waals surface area contributed by atoms with Crippen molar-refractivity contribution in [3.05, 3.63) is 83.4 Å². The summed E-state index contributed by atoms with van der Waals surface area (Å²) in [6, 6.07) is 21.6. The molecular formula is C25H24N4O2S. The molecule has 1 aliphatic heterocycles. The Morgan fingerprint density at radius 1 is 1.06 bits per heavy atom. The number of carbonyl (C=O) groups excluding carboxylic acids is 1. The second kappa shape index (κ2) is 9.36. The van der Waals surface area contributed by atoms with Crippen LogP contribution in [0.25, 0.3) is 11.4 Å². The predicted molar refractivity (Wildman–Crippen MR) is 126 cm³/mol. The Bertz CT molecular complexity index is 1110. The van der Waals surface area contributed by atoms with Crippen molar-refractivity contribution in [1.82, 2.24) is 15.0 Å². The largest absolute Gasteiger partial charge is 0.339 e. The van der Waals surface area contributed by atoms with Crippen LogP contribution in [0.3, 0.4) is 0 Å². The summed E-state index contributed by atoms with van der Waals surface area (Å²) in [6.07, 6.45) is 2.67. The highest BCUT2D eigenvalue weighted by Crippen LogP contribution is 2.29. The number of piperidine rings is 1. The van der Waals surface area contributed by atoms with E-state index in [2.05, 4.69) is 10.1 Å². The molecule has 1 aliphatic rings. The molecule has 3 heterocycles. The minimum absolute atomic E-state index is 0.00316. The first-order valence-corrected chi connectivity index (χ1v) is 11.8. The zero-order valence-corrected chi connectivity index (χ0v) is 18.4. The fourth-order valence-electron chi connectivity index (χ4n) is 4.16. The highest BCUT2D eigenvalue weighted by Gasteiger charge is 2.30. The number of nitrogens with zero attached hydrogens (tertiary/aromatic N) is 4. The number of urea groups is 1. The number of thiophene rings is 1. The van der Waals surface area contributed by atoms with Gasteiger partial charge in [0.05, 0.1) is 11.4 Å². The quantitative estimate of drug-likeness (QED) is 0.378. The van der Waals surface area contributed by atoms with Crippen LogP contribution in [0.1, 0.15) is 18.7 Å². The zero-order valence-electron chi connectivity index (χ0n) is 17.6. The van der Waals surface area contributed by atoms with E-state index in [-0.39, 0.29) is 11.9 Å². The Hall–Kier alpha value is -3.45. The van der Waals surface area contributed by atoms with E-state index in [4.69, 9.17) is 4.52 Å². The SMILES string of the molecule is O=C(N1CCCC(Cc2nc(-c3ccsc3)no2)C1)N(c1ccccc1)c1ccccc1. The fraction of sp³-hybridized carbons (Fsp3) is 0.240. The molecule has 0 saturated carbocycles. The van der Waals surface area contributed by atoms with E-state index in [1.807, 2.05) is 82.4 Å². The predicted octanol–water partition coefficient (Wildman–Crippen LogP) is 6.01. The molecule has 2 amide bonds. The molecule has 0 radical (unpaired) electrons. The molecule has 5 rings (SSSR count). The summed E-state index contributed by atoms with van der Waals surface area (Å²) in [5, 5.41) is 8.13. The molecule has 7 heteroatoms. The minimum Gasteiger partial charge on any atom is -0.339 e. The number of anilines is 2. The number of hydrogen-bond acceptors (Lipinski definition) is 5. The first-order valence-electron chi connectivity index (χ1n) is 10.8. The topological polar surface area (TPSA) is 62.5 Å². The summed E-state index contributed by atoms with van der Waals surface area (Å²) in [5.41, 5.74) is 2.71. The standard InChI is InChI=1S/C25H24N4O2S/c30-25(29(21-9-3-1-4-10-21)22-11-5-2-6-12-22)28-14-7-8-19(17-28)16-23-26-24(27-31-23)20-13-15-32-18-20/h1-6,9-13,15,18-19H,7-8,14,16-17H2. The Morgan fingerprint density at radius 2 is 1.78 bits per heavy atom. The van der Waals surface area contributed by atoms with Gasteiger partial charge in [-0.05, 0) is 54.5 Å². The average molecular weight is 445 g/mol. The van der Waals surface area contributed by atoms with Crippen LogP contribution in [0, 0.1) is 5.92 Å². The third-order valence-corrected chi connectivity index (χ3v) is 6.40. The first kappa shape index (κ1) is 20.5. The van der Waals surface area contributed by atoms with Gasteiger partial charge in [-0.1, -0.05) is 41.6 Å². The van der Waals surface area contributed by atoms with Crippen molar-refractivity contribution in [3.63, 3.8) is 0 Å². The average Bonchev–Trinajstić information content (AvgIpc) is 3.53. The summed E-state index contributed by atoms with van der Waals surface area (Å²) in [7, 11) is 0. The first-order chi connectivity index (χ1) is 15.8. The molecule has 2 aromatic heterocycles. The van der Waals surface area contributed by atoms with Crippen molar-refractivity contribution >= 4 is 28.7 Å². The number of likely N-dealkylation sites (tertiary alicyclic amines) is 1. The van der Waals surface area contributed by atoms with E-state index in [0.717, 1.165) is 36.3 Å². The summed E-state index contributed by atoms with van der Waals surface area (Å²) in [6.45, 7) is 1.42. The monoisotopic (exact) mass is 444 g/mol. The van der Waals surface area contributed by atoms with Gasteiger partial charge in [0.1, 0.15) is 0 Å². The van der Waals surface area contributed by atoms with Crippen LogP contribution < -0.4 is 4.90 Å². The molecule has 6 nitrogen and oxygen atoms in total. The molecule has 1 saturated heterocycles. The van der Waals surface area contributed by atoms with Crippen molar-refractivity contribution in [2.75, 3.05) is 18.0 Å². The molecule has 0 spiro atoms. The maximum absolute atomic E-state index is 13.7. The summed E-state index contributed by atoms with van der Waals surface area (Å²) in [4.78, 5) is 22.0. The number of rotatable bonds is 5. The molecule has 4 aromatic rings. The van der Waals surface area contributed by atoms with Crippen molar-refractivity contribution < 1.29 is 9.32 Å². The molecule has 1 fully saturated rings. The lowest BCUT2D eigenvalue weighted by atomic mass is 9.95. The summed E-state index contributed by atoms with van der Waals surface area (Å²) in [5.74, 6) is 1.55. The van der Waals surface area contributed by atoms with Gasteiger partial charge in [0.15, 0.2) is 0 Å². The summed E-state index contributed by atoms with van der Waals surface area (Å²) < 4.78 is 5.50. The van der Waals surface area contributed by atoms with E-state index in [1.165, 1.54) is 0 Å². The van der Waals surface area contributed by atoms with Crippen LogP contribution in [0.4, 0.5) is 16.2 Å². The number of benzene rings is 2. The Balaban J connectivity index is 1.32. The lowest BCUT2D eigenvalue weighted by molar-refractivity contribution is 0.169. The molecule has 0 aliphatic carbocycles. The minimum atomic E-state index is -0.00316. The van der Waals surface area contributed by atoms with Crippen molar-refractivity contribution in [2.24, 2.45) is 5.92 Å². The van der Waals surface area contributed by atoms with Crippen molar-refractivity contribution in [1.29, 1.82) is 0 Å². The summed E-state index contributed by atoms with van der Waals surface area (Å²) >= 11 is 1.61. The molecule has 0 bridgehead atoms. The Morgan fingerprint density at radius 3 is 2.44 bits per heavy atom. The van der Waals surface area contributed by atoms with E-state index < -0.39 is 0 Å². The van der Waals surface area contributed by atoms with Crippen LogP contribution in [-0.2, 0) is 6.42 Å². The van der Waals surface area contributed by atoms with E-state index in [1.54, 1.807) is 16.2 Å². The van der Waals surface area contributed by atoms with Crippen LogP contribution in [0.5, 0.6) is 0 Å². The van der Waals surface area contributed by atoms with Crippen LogP contribution in [0.15, 0.2) is 82.0 Å². The number of aromatic nitrogens is 2. The Labute approximate surface area is 191 Å². The van der Waals surface area contributed by atoms with E-state index in [9.17, 15) is 4.79 Å². The lowest BCUT2D eigenvalue weighted by Crippen LogP contribution is -2.46. The van der Waals surface area contributed by atoms with Crippen LogP contribution in [0.2, 0.25) is 0 Å². The molecule has 1 unspecified atom stereocenters. The molecule has 162 valence electrons. The van der Waals surface area contributed by atoms with Gasteiger partial charge in [-0.3, -0.25) is 4.90 Å². The van der Waals surface area contributed by atoms with Gasteiger partial charge in [0, 0.05) is 30.5 Å². The van der Waals surface area contributed by atoms with Gasteiger partial charge in [0.2, 0.25) is 11.7 Å². The number of hydrogen-bond donors (Lipinski definition) is 0. The Kier molecular flexibility index (Phi) is 5.98. The molecule has 1 atom stereocenters. The second-order valence-electron chi connectivity index (χ2n) is 7.97. The zero-order chi connectivity index (χ0) is 21.8. The van der Waals surface area contributed by atoms with Gasteiger partial charge < -0.3 is 9.42 Å². The van der Waals surface area contributed by atoms with Gasteiger partial charge in [-0.25, -0.2) is 4.79 Å². The number of carbonyl (C=O) groups is 1. The van der Waals surface area contributed by atoms with Crippen LogP contribution >= 0.6 is 11.3 Å². The molecule has 2 aromatic carbocycles. The second-order valence-corrected chi connectivity index (χ2v) is 8.75. The van der Waals surface area contributed by atoms with Gasteiger partial charge in [0.25, 0.3) is 0 Å². The van der Waals surface area contributed by atoms with E-state index >= 15 is 0 Å².